The van der Waals surface area contributed by atoms with Crippen LogP contribution in [-0.4, -0.2) is 36.8 Å². The zero-order chi connectivity index (χ0) is 10.9. The maximum Gasteiger partial charge on any atom is 0.223 e. The molecule has 1 saturated heterocycles. The molecule has 15 heavy (non-hydrogen) atoms. The molecule has 2 aliphatic rings. The molecule has 0 aromatic carbocycles. The number of hydrogen-bond acceptors (Lipinski definition) is 3. The molecule has 2 fully saturated rings. The Morgan fingerprint density at radius 1 is 1.60 bits per heavy atom. The van der Waals surface area contributed by atoms with E-state index in [-0.39, 0.29) is 24.5 Å². The van der Waals surface area contributed by atoms with Crippen molar-refractivity contribution in [2.75, 3.05) is 19.7 Å². The van der Waals surface area contributed by atoms with E-state index in [1.54, 1.807) is 0 Å². The largest absolute Gasteiger partial charge is 0.394 e. The van der Waals surface area contributed by atoms with Crippen molar-refractivity contribution in [3.63, 3.8) is 0 Å². The molecule has 2 atom stereocenters. The molecule has 2 rings (SSSR count). The number of piperidine rings is 1. The van der Waals surface area contributed by atoms with Gasteiger partial charge in [-0.2, -0.15) is 0 Å². The Bertz CT molecular complexity index is 249. The molecule has 86 valence electrons. The van der Waals surface area contributed by atoms with Crippen molar-refractivity contribution in [3.05, 3.63) is 0 Å². The monoisotopic (exact) mass is 212 g/mol. The molecule has 4 nitrogen and oxygen atoms in total. The summed E-state index contributed by atoms with van der Waals surface area (Å²) in [4.78, 5) is 11.8. The van der Waals surface area contributed by atoms with Crippen molar-refractivity contribution in [1.29, 1.82) is 0 Å². The van der Waals surface area contributed by atoms with Crippen LogP contribution >= 0.6 is 0 Å². The van der Waals surface area contributed by atoms with Gasteiger partial charge in [0.05, 0.1) is 6.61 Å². The van der Waals surface area contributed by atoms with Gasteiger partial charge in [-0.1, -0.05) is 0 Å². The predicted octanol–water partition coefficient (Wildman–Crippen LogP) is -0.127. The minimum Gasteiger partial charge on any atom is -0.394 e. The van der Waals surface area contributed by atoms with Crippen LogP contribution in [0.5, 0.6) is 0 Å². The summed E-state index contributed by atoms with van der Waals surface area (Å²) in [6.45, 7) is 3.93. The van der Waals surface area contributed by atoms with E-state index in [1.807, 2.05) is 6.92 Å². The highest BCUT2D eigenvalue weighted by molar-refractivity contribution is 5.82. The van der Waals surface area contributed by atoms with Gasteiger partial charge in [0.1, 0.15) is 0 Å². The summed E-state index contributed by atoms with van der Waals surface area (Å²) >= 11 is 0. The molecule has 1 amide bonds. The summed E-state index contributed by atoms with van der Waals surface area (Å²) in [7, 11) is 0. The van der Waals surface area contributed by atoms with Gasteiger partial charge in [-0.25, -0.2) is 0 Å². The van der Waals surface area contributed by atoms with E-state index < -0.39 is 0 Å². The summed E-state index contributed by atoms with van der Waals surface area (Å²) in [6, 6.07) is -0.114. The number of amides is 1. The number of rotatable bonds is 3. The van der Waals surface area contributed by atoms with Gasteiger partial charge in [0.25, 0.3) is 0 Å². The van der Waals surface area contributed by atoms with Gasteiger partial charge in [0.15, 0.2) is 0 Å². The number of carbonyl (C=O) groups is 1. The normalized spacial score (nSPS) is 29.9. The van der Waals surface area contributed by atoms with Gasteiger partial charge in [0, 0.05) is 12.0 Å². The SMILES string of the molecule is CC(CO)NC(=O)C1CC12CCNCC2. The standard InChI is InChI=1S/C11H20N2O2/c1-8(7-14)13-10(15)9-6-11(9)2-4-12-5-3-11/h8-9,12,14H,2-7H2,1H3,(H,13,15). The van der Waals surface area contributed by atoms with Gasteiger partial charge >= 0.3 is 0 Å². The fourth-order valence-corrected chi connectivity index (χ4v) is 2.58. The van der Waals surface area contributed by atoms with Crippen LogP contribution < -0.4 is 10.6 Å². The second-order valence-electron chi connectivity index (χ2n) is 4.96. The van der Waals surface area contributed by atoms with E-state index in [2.05, 4.69) is 10.6 Å². The molecular formula is C11H20N2O2. The van der Waals surface area contributed by atoms with Crippen molar-refractivity contribution < 1.29 is 9.90 Å². The molecule has 0 aromatic heterocycles. The highest BCUT2D eigenvalue weighted by Crippen LogP contribution is 2.58. The molecule has 1 aliphatic heterocycles. The lowest BCUT2D eigenvalue weighted by atomic mass is 9.91. The summed E-state index contributed by atoms with van der Waals surface area (Å²) in [5.74, 6) is 0.340. The van der Waals surface area contributed by atoms with E-state index in [9.17, 15) is 4.79 Å². The third-order valence-electron chi connectivity index (χ3n) is 3.77. The van der Waals surface area contributed by atoms with E-state index >= 15 is 0 Å². The minimum absolute atomic E-state index is 0.0208. The van der Waals surface area contributed by atoms with Crippen molar-refractivity contribution in [3.8, 4) is 0 Å². The van der Waals surface area contributed by atoms with Crippen molar-refractivity contribution in [2.45, 2.75) is 32.2 Å². The summed E-state index contributed by atoms with van der Waals surface area (Å²) in [6.07, 6.45) is 3.29. The number of carbonyl (C=O) groups excluding carboxylic acids is 1. The first-order chi connectivity index (χ1) is 7.18. The Morgan fingerprint density at radius 2 is 2.27 bits per heavy atom. The molecule has 1 heterocycles. The molecular weight excluding hydrogens is 192 g/mol. The lowest BCUT2D eigenvalue weighted by Crippen LogP contribution is -2.38. The van der Waals surface area contributed by atoms with Crippen LogP contribution in [0.1, 0.15) is 26.2 Å². The molecule has 1 spiro atoms. The van der Waals surface area contributed by atoms with Crippen molar-refractivity contribution in [2.24, 2.45) is 11.3 Å². The smallest absolute Gasteiger partial charge is 0.223 e. The van der Waals surface area contributed by atoms with Gasteiger partial charge in [-0.3, -0.25) is 4.79 Å². The van der Waals surface area contributed by atoms with Gasteiger partial charge in [-0.15, -0.1) is 0 Å². The number of aliphatic hydroxyl groups excluding tert-OH is 1. The van der Waals surface area contributed by atoms with Crippen molar-refractivity contribution >= 4 is 5.91 Å². The third-order valence-corrected chi connectivity index (χ3v) is 3.77. The molecule has 2 unspecified atom stereocenters. The van der Waals surface area contributed by atoms with Crippen LogP contribution in [0.3, 0.4) is 0 Å². The maximum absolute atomic E-state index is 11.8. The maximum atomic E-state index is 11.8. The molecule has 1 aliphatic carbocycles. The second-order valence-corrected chi connectivity index (χ2v) is 4.96. The van der Waals surface area contributed by atoms with Crippen LogP contribution in [0.25, 0.3) is 0 Å². The topological polar surface area (TPSA) is 61.4 Å². The third kappa shape index (κ3) is 2.16. The summed E-state index contributed by atoms with van der Waals surface area (Å²) < 4.78 is 0. The van der Waals surface area contributed by atoms with Crippen LogP contribution in [0, 0.1) is 11.3 Å². The Kier molecular flexibility index (Phi) is 2.98. The number of aliphatic hydroxyl groups is 1. The quantitative estimate of drug-likeness (QED) is 0.611. The number of hydrogen-bond donors (Lipinski definition) is 3. The zero-order valence-corrected chi connectivity index (χ0v) is 9.25. The Hall–Kier alpha value is -0.610. The van der Waals surface area contributed by atoms with E-state index in [1.165, 1.54) is 0 Å². The lowest BCUT2D eigenvalue weighted by molar-refractivity contribution is -0.124. The molecule has 0 bridgehead atoms. The fraction of sp³-hybridized carbons (Fsp3) is 0.909. The second kappa shape index (κ2) is 4.10. The molecule has 0 aromatic rings. The minimum atomic E-state index is -0.114. The average Bonchev–Trinajstić information content (AvgIpc) is 2.93. The van der Waals surface area contributed by atoms with Crippen LogP contribution in [0.2, 0.25) is 0 Å². The van der Waals surface area contributed by atoms with E-state index in [0.29, 0.717) is 5.41 Å². The molecule has 0 radical (unpaired) electrons. The molecule has 4 heteroatoms. The highest BCUT2D eigenvalue weighted by Gasteiger charge is 2.57. The van der Waals surface area contributed by atoms with Crippen molar-refractivity contribution in [1.82, 2.24) is 10.6 Å². The zero-order valence-electron chi connectivity index (χ0n) is 9.25. The van der Waals surface area contributed by atoms with Crippen LogP contribution in [0.4, 0.5) is 0 Å². The average molecular weight is 212 g/mol. The van der Waals surface area contributed by atoms with Gasteiger partial charge < -0.3 is 15.7 Å². The summed E-state index contributed by atoms with van der Waals surface area (Å²) in [5.41, 5.74) is 0.296. The Balaban J connectivity index is 1.84. The Labute approximate surface area is 90.4 Å². The van der Waals surface area contributed by atoms with Gasteiger partial charge in [0.2, 0.25) is 5.91 Å². The first-order valence-electron chi connectivity index (χ1n) is 5.80. The van der Waals surface area contributed by atoms with Crippen LogP contribution in [0.15, 0.2) is 0 Å². The Morgan fingerprint density at radius 3 is 2.87 bits per heavy atom. The first kappa shape index (κ1) is 10.9. The first-order valence-corrected chi connectivity index (χ1v) is 5.80. The van der Waals surface area contributed by atoms with E-state index in [4.69, 9.17) is 5.11 Å². The number of nitrogens with one attached hydrogen (secondary N) is 2. The van der Waals surface area contributed by atoms with Crippen LogP contribution in [-0.2, 0) is 4.79 Å². The van der Waals surface area contributed by atoms with E-state index in [0.717, 1.165) is 32.4 Å². The predicted molar refractivity (Wildman–Crippen MR) is 57.3 cm³/mol. The molecule has 3 N–H and O–H groups in total. The highest BCUT2D eigenvalue weighted by atomic mass is 16.3. The lowest BCUT2D eigenvalue weighted by Gasteiger charge is -2.23. The van der Waals surface area contributed by atoms with Gasteiger partial charge in [-0.05, 0) is 44.7 Å². The summed E-state index contributed by atoms with van der Waals surface area (Å²) in [5, 5.41) is 15.0. The fourth-order valence-electron chi connectivity index (χ4n) is 2.58. The molecule has 1 saturated carbocycles.